The fraction of sp³-hybridized carbons (Fsp3) is 0.154. The summed E-state index contributed by atoms with van der Waals surface area (Å²) in [5.41, 5.74) is 1.15. The van der Waals surface area contributed by atoms with E-state index in [0.717, 1.165) is 13.7 Å². The van der Waals surface area contributed by atoms with Gasteiger partial charge < -0.3 is 14.8 Å². The Morgan fingerprint density at radius 3 is 2.79 bits per heavy atom. The van der Waals surface area contributed by atoms with E-state index in [-0.39, 0.29) is 5.56 Å². The molecule has 0 unspecified atom stereocenters. The number of hydrogen-bond donors (Lipinski definition) is 2. The molecule has 2 aromatic rings. The number of nitrogens with one attached hydrogen (secondary N) is 1. The molecule has 0 saturated heterocycles. The third-order valence-corrected chi connectivity index (χ3v) is 4.92. The summed E-state index contributed by atoms with van der Waals surface area (Å²) in [7, 11) is 0. The van der Waals surface area contributed by atoms with Gasteiger partial charge in [-0.2, -0.15) is 0 Å². The smallest absolute Gasteiger partial charge is 0.339 e. The van der Waals surface area contributed by atoms with E-state index in [2.05, 4.69) is 43.8 Å². The van der Waals surface area contributed by atoms with E-state index in [0.29, 0.717) is 18.1 Å². The van der Waals surface area contributed by atoms with Gasteiger partial charge >= 0.3 is 5.97 Å². The number of hydrogen-bond acceptors (Lipinski definition) is 3. The van der Waals surface area contributed by atoms with Gasteiger partial charge in [-0.1, -0.05) is 0 Å². The Hall–Kier alpha value is -1.02. The van der Waals surface area contributed by atoms with Crippen LogP contribution in [0.3, 0.4) is 0 Å². The van der Waals surface area contributed by atoms with Crippen LogP contribution in [0, 0.1) is 10.5 Å². The van der Waals surface area contributed by atoms with E-state index in [9.17, 15) is 4.79 Å². The number of carboxylic acid groups (broad SMARTS) is 1. The predicted octanol–water partition coefficient (Wildman–Crippen LogP) is 4.27. The van der Waals surface area contributed by atoms with E-state index < -0.39 is 5.97 Å². The van der Waals surface area contributed by atoms with Crippen molar-refractivity contribution >= 4 is 50.2 Å². The summed E-state index contributed by atoms with van der Waals surface area (Å²) in [6.45, 7) is 2.09. The zero-order chi connectivity index (χ0) is 14.0. The molecule has 2 rings (SSSR count). The van der Waals surface area contributed by atoms with E-state index in [1.807, 2.05) is 18.2 Å². The molecule has 0 aliphatic rings. The lowest BCUT2D eigenvalue weighted by molar-refractivity contribution is 0.0695. The molecule has 0 fully saturated rings. The van der Waals surface area contributed by atoms with Gasteiger partial charge in [0.05, 0.1) is 6.54 Å². The number of halogens is 2. The zero-order valence-corrected chi connectivity index (χ0v) is 13.8. The van der Waals surface area contributed by atoms with Crippen LogP contribution >= 0.6 is 38.5 Å². The summed E-state index contributed by atoms with van der Waals surface area (Å²) in [4.78, 5) is 10.9. The Kier molecular flexibility index (Phi) is 4.51. The van der Waals surface area contributed by atoms with Crippen LogP contribution in [0.15, 0.2) is 33.2 Å². The molecule has 0 spiro atoms. The van der Waals surface area contributed by atoms with Crippen LogP contribution in [0.25, 0.3) is 0 Å². The van der Waals surface area contributed by atoms with Crippen LogP contribution in [0.2, 0.25) is 0 Å². The Morgan fingerprint density at radius 2 is 2.21 bits per heavy atom. The molecule has 0 aliphatic heterocycles. The number of aromatic carboxylic acids is 1. The van der Waals surface area contributed by atoms with Crippen molar-refractivity contribution in [3.05, 3.63) is 49.4 Å². The summed E-state index contributed by atoms with van der Waals surface area (Å²) in [5, 5.41) is 12.1. The largest absolute Gasteiger partial charge is 0.478 e. The van der Waals surface area contributed by atoms with Gasteiger partial charge in [0, 0.05) is 13.7 Å². The molecule has 2 N–H and O–H groups in total. The van der Waals surface area contributed by atoms with Crippen molar-refractivity contribution in [1.82, 2.24) is 0 Å². The van der Waals surface area contributed by atoms with Crippen LogP contribution in [0.5, 0.6) is 0 Å². The molecule has 1 aromatic carbocycles. The first-order chi connectivity index (χ1) is 8.97. The van der Waals surface area contributed by atoms with Gasteiger partial charge in [-0.3, -0.25) is 0 Å². The maximum Gasteiger partial charge on any atom is 0.339 e. The lowest BCUT2D eigenvalue weighted by Crippen LogP contribution is -1.98. The van der Waals surface area contributed by atoms with Gasteiger partial charge in [-0.05, 0) is 69.7 Å². The molecule has 1 heterocycles. The van der Waals surface area contributed by atoms with Gasteiger partial charge in [0.1, 0.15) is 17.1 Å². The summed E-state index contributed by atoms with van der Waals surface area (Å²) in [6, 6.07) is 7.46. The first-order valence-electron chi connectivity index (χ1n) is 5.49. The van der Waals surface area contributed by atoms with Crippen molar-refractivity contribution in [3.8, 4) is 0 Å². The number of rotatable bonds is 4. The lowest BCUT2D eigenvalue weighted by atomic mass is 10.2. The first-order valence-corrected chi connectivity index (χ1v) is 7.36. The molecule has 0 amide bonds. The highest BCUT2D eigenvalue weighted by molar-refractivity contribution is 14.1. The molecular weight excluding hydrogens is 425 g/mol. The number of benzene rings is 1. The number of carbonyl (C=O) groups is 1. The summed E-state index contributed by atoms with van der Waals surface area (Å²) < 4.78 is 7.54. The molecule has 0 saturated carbocycles. The quantitative estimate of drug-likeness (QED) is 0.704. The minimum atomic E-state index is -0.968. The van der Waals surface area contributed by atoms with Crippen molar-refractivity contribution in [3.63, 3.8) is 0 Å². The highest BCUT2D eigenvalue weighted by Crippen LogP contribution is 2.23. The van der Waals surface area contributed by atoms with Crippen molar-refractivity contribution in [2.75, 3.05) is 5.32 Å². The first kappa shape index (κ1) is 14.4. The van der Waals surface area contributed by atoms with Crippen molar-refractivity contribution in [2.45, 2.75) is 13.5 Å². The predicted molar refractivity (Wildman–Crippen MR) is 84.6 cm³/mol. The number of aryl methyl sites for hydroxylation is 1. The molecule has 100 valence electrons. The standard InChI is InChI=1S/C13H11BrINO3/c1-7-10(13(17)18)5-9(19-7)6-16-8-2-3-12(15)11(14)4-8/h2-5,16H,6H2,1H3,(H,17,18). The van der Waals surface area contributed by atoms with Gasteiger partial charge in [-0.15, -0.1) is 0 Å². The monoisotopic (exact) mass is 435 g/mol. The minimum absolute atomic E-state index is 0.209. The third kappa shape index (κ3) is 3.50. The Bertz CT molecular complexity index is 624. The molecule has 0 aliphatic carbocycles. The molecule has 0 bridgehead atoms. The Balaban J connectivity index is 2.08. The topological polar surface area (TPSA) is 62.5 Å². The lowest BCUT2D eigenvalue weighted by Gasteiger charge is -2.05. The van der Waals surface area contributed by atoms with Crippen LogP contribution < -0.4 is 5.32 Å². The van der Waals surface area contributed by atoms with E-state index in [4.69, 9.17) is 9.52 Å². The van der Waals surface area contributed by atoms with E-state index >= 15 is 0 Å². The van der Waals surface area contributed by atoms with E-state index in [1.165, 1.54) is 0 Å². The van der Waals surface area contributed by atoms with Crippen molar-refractivity contribution in [1.29, 1.82) is 0 Å². The molecular formula is C13H11BrINO3. The maximum atomic E-state index is 10.9. The van der Waals surface area contributed by atoms with Crippen molar-refractivity contribution < 1.29 is 14.3 Å². The summed E-state index contributed by atoms with van der Waals surface area (Å²) >= 11 is 5.70. The number of anilines is 1. The molecule has 6 heteroatoms. The molecule has 0 radical (unpaired) electrons. The summed E-state index contributed by atoms with van der Waals surface area (Å²) in [6.07, 6.45) is 0. The second-order valence-corrected chi connectivity index (χ2v) is 5.99. The summed E-state index contributed by atoms with van der Waals surface area (Å²) in [5.74, 6) is 0.0576. The normalized spacial score (nSPS) is 10.5. The SMILES string of the molecule is Cc1oc(CNc2ccc(I)c(Br)c2)cc1C(=O)O. The van der Waals surface area contributed by atoms with Crippen molar-refractivity contribution in [2.24, 2.45) is 0 Å². The van der Waals surface area contributed by atoms with Gasteiger partial charge in [0.15, 0.2) is 0 Å². The van der Waals surface area contributed by atoms with Gasteiger partial charge in [-0.25, -0.2) is 4.79 Å². The van der Waals surface area contributed by atoms with Crippen LogP contribution in [0.4, 0.5) is 5.69 Å². The average molecular weight is 436 g/mol. The van der Waals surface area contributed by atoms with Crippen LogP contribution in [0.1, 0.15) is 21.9 Å². The van der Waals surface area contributed by atoms with Crippen LogP contribution in [-0.4, -0.2) is 11.1 Å². The minimum Gasteiger partial charge on any atom is -0.478 e. The fourth-order valence-electron chi connectivity index (χ4n) is 1.64. The Morgan fingerprint density at radius 1 is 1.47 bits per heavy atom. The average Bonchev–Trinajstić information content (AvgIpc) is 2.72. The Labute approximate surface area is 132 Å². The van der Waals surface area contributed by atoms with Crippen LogP contribution in [-0.2, 0) is 6.54 Å². The maximum absolute atomic E-state index is 10.9. The number of carboxylic acids is 1. The second kappa shape index (κ2) is 5.96. The van der Waals surface area contributed by atoms with E-state index in [1.54, 1.807) is 13.0 Å². The zero-order valence-electron chi connectivity index (χ0n) is 10.0. The number of furan rings is 1. The molecule has 0 atom stereocenters. The third-order valence-electron chi connectivity index (χ3n) is 2.59. The van der Waals surface area contributed by atoms with Gasteiger partial charge in [0.25, 0.3) is 0 Å². The highest BCUT2D eigenvalue weighted by atomic mass is 127. The molecule has 4 nitrogen and oxygen atoms in total. The molecule has 19 heavy (non-hydrogen) atoms. The highest BCUT2D eigenvalue weighted by Gasteiger charge is 2.13. The second-order valence-electron chi connectivity index (χ2n) is 3.97. The van der Waals surface area contributed by atoms with Gasteiger partial charge in [0.2, 0.25) is 0 Å². The molecule has 1 aromatic heterocycles. The fourth-order valence-corrected chi connectivity index (χ4v) is 2.35.